The summed E-state index contributed by atoms with van der Waals surface area (Å²) in [5.74, 6) is 2.00. The maximum absolute atomic E-state index is 12.0. The Labute approximate surface area is 86.2 Å². The van der Waals surface area contributed by atoms with Gasteiger partial charge in [0.05, 0.1) is 6.04 Å². The third-order valence-electron chi connectivity index (χ3n) is 3.88. The van der Waals surface area contributed by atoms with Crippen LogP contribution >= 0.6 is 0 Å². The average molecular weight is 195 g/mol. The van der Waals surface area contributed by atoms with Crippen molar-refractivity contribution in [1.29, 1.82) is 0 Å². The summed E-state index contributed by atoms with van der Waals surface area (Å²) >= 11 is 0. The quantitative estimate of drug-likeness (QED) is 0.749. The van der Waals surface area contributed by atoms with Crippen molar-refractivity contribution in [3.8, 4) is 0 Å². The zero-order chi connectivity index (χ0) is 10.1. The van der Waals surface area contributed by atoms with Crippen LogP contribution in [0.4, 0.5) is 0 Å². The molecule has 14 heavy (non-hydrogen) atoms. The van der Waals surface area contributed by atoms with Crippen molar-refractivity contribution in [3.05, 3.63) is 0 Å². The predicted octanol–water partition coefficient (Wildman–Crippen LogP) is 2.12. The summed E-state index contributed by atoms with van der Waals surface area (Å²) < 4.78 is 0. The first-order chi connectivity index (χ1) is 6.68. The van der Waals surface area contributed by atoms with E-state index in [0.29, 0.717) is 17.6 Å². The maximum atomic E-state index is 12.0. The largest absolute Gasteiger partial charge is 0.321 e. The number of carbonyl (C=O) groups is 1. The van der Waals surface area contributed by atoms with Gasteiger partial charge in [-0.25, -0.2) is 0 Å². The lowest BCUT2D eigenvalue weighted by atomic mass is 9.79. The first-order valence-electron chi connectivity index (χ1n) is 5.97. The van der Waals surface area contributed by atoms with Crippen LogP contribution in [0.2, 0.25) is 0 Å². The fraction of sp³-hybridized carbons (Fsp3) is 0.917. The molecule has 2 heteroatoms. The molecule has 0 aromatic rings. The molecule has 1 unspecified atom stereocenters. The minimum atomic E-state index is -0.131. The van der Waals surface area contributed by atoms with Crippen molar-refractivity contribution in [2.75, 3.05) is 0 Å². The third-order valence-corrected chi connectivity index (χ3v) is 3.88. The molecule has 1 atom stereocenters. The Morgan fingerprint density at radius 2 is 1.71 bits per heavy atom. The van der Waals surface area contributed by atoms with Gasteiger partial charge in [0, 0.05) is 5.92 Å². The van der Waals surface area contributed by atoms with Gasteiger partial charge in [0.2, 0.25) is 0 Å². The first-order valence-corrected chi connectivity index (χ1v) is 5.97. The van der Waals surface area contributed by atoms with Crippen LogP contribution in [0.15, 0.2) is 0 Å². The van der Waals surface area contributed by atoms with Gasteiger partial charge in [-0.15, -0.1) is 0 Å². The molecule has 0 heterocycles. The lowest BCUT2D eigenvalue weighted by molar-refractivity contribution is -0.125. The minimum absolute atomic E-state index is 0.131. The van der Waals surface area contributed by atoms with Gasteiger partial charge in [0.1, 0.15) is 0 Å². The summed E-state index contributed by atoms with van der Waals surface area (Å²) in [6.45, 7) is 2.28. The van der Waals surface area contributed by atoms with Gasteiger partial charge in [-0.3, -0.25) is 4.79 Å². The smallest absolute Gasteiger partial charge is 0.152 e. The summed E-state index contributed by atoms with van der Waals surface area (Å²) in [6.07, 6.45) is 6.95. The first kappa shape index (κ1) is 10.2. The van der Waals surface area contributed by atoms with Gasteiger partial charge in [0.15, 0.2) is 5.78 Å². The topological polar surface area (TPSA) is 43.1 Å². The van der Waals surface area contributed by atoms with Crippen LogP contribution in [0, 0.1) is 17.8 Å². The van der Waals surface area contributed by atoms with Crippen LogP contribution in [-0.4, -0.2) is 11.8 Å². The van der Waals surface area contributed by atoms with Crippen molar-refractivity contribution in [2.45, 2.75) is 51.5 Å². The summed E-state index contributed by atoms with van der Waals surface area (Å²) in [5, 5.41) is 0. The molecule has 2 rings (SSSR count). The Hall–Kier alpha value is -0.370. The Bertz CT molecular complexity index is 214. The molecule has 80 valence electrons. The zero-order valence-electron chi connectivity index (χ0n) is 9.04. The van der Waals surface area contributed by atoms with Gasteiger partial charge in [-0.2, -0.15) is 0 Å². The van der Waals surface area contributed by atoms with Gasteiger partial charge >= 0.3 is 0 Å². The fourth-order valence-corrected chi connectivity index (χ4v) is 2.50. The van der Waals surface area contributed by atoms with Crippen molar-refractivity contribution < 1.29 is 4.79 Å². The SMILES string of the molecule is CC1CCC(C(=O)C(N)C2CC2)CC1. The molecule has 0 saturated heterocycles. The van der Waals surface area contributed by atoms with Crippen LogP contribution < -0.4 is 5.73 Å². The molecule has 2 aliphatic carbocycles. The maximum Gasteiger partial charge on any atom is 0.152 e. The van der Waals surface area contributed by atoms with Gasteiger partial charge < -0.3 is 5.73 Å². The summed E-state index contributed by atoms with van der Waals surface area (Å²) in [7, 11) is 0. The molecule has 2 fully saturated rings. The highest BCUT2D eigenvalue weighted by molar-refractivity contribution is 5.86. The Morgan fingerprint density at radius 1 is 1.14 bits per heavy atom. The normalized spacial score (nSPS) is 35.3. The van der Waals surface area contributed by atoms with E-state index in [-0.39, 0.29) is 6.04 Å². The van der Waals surface area contributed by atoms with E-state index in [9.17, 15) is 4.79 Å². The number of ketones is 1. The van der Waals surface area contributed by atoms with Crippen LogP contribution in [0.3, 0.4) is 0 Å². The van der Waals surface area contributed by atoms with E-state index >= 15 is 0 Å². The molecular weight excluding hydrogens is 174 g/mol. The number of hydrogen-bond donors (Lipinski definition) is 1. The van der Waals surface area contributed by atoms with Crippen molar-refractivity contribution in [2.24, 2.45) is 23.5 Å². The van der Waals surface area contributed by atoms with Gasteiger partial charge in [-0.05, 0) is 37.5 Å². The van der Waals surface area contributed by atoms with E-state index in [1.807, 2.05) is 0 Å². The standard InChI is InChI=1S/C12H21NO/c1-8-2-4-10(5-3-8)12(14)11(13)9-6-7-9/h8-11H,2-7,13H2,1H3. The Morgan fingerprint density at radius 3 is 2.21 bits per heavy atom. The van der Waals surface area contributed by atoms with E-state index in [0.717, 1.165) is 18.8 Å². The Kier molecular flexibility index (Phi) is 2.91. The number of carbonyl (C=O) groups excluding carboxylic acids is 1. The van der Waals surface area contributed by atoms with Crippen LogP contribution in [0.1, 0.15) is 45.4 Å². The zero-order valence-corrected chi connectivity index (χ0v) is 9.04. The van der Waals surface area contributed by atoms with Crippen LogP contribution in [0.25, 0.3) is 0 Å². The highest BCUT2D eigenvalue weighted by Gasteiger charge is 2.37. The summed E-state index contributed by atoms with van der Waals surface area (Å²) in [4.78, 5) is 12.0. The van der Waals surface area contributed by atoms with E-state index in [4.69, 9.17) is 5.73 Å². The molecule has 0 aliphatic heterocycles. The second-order valence-electron chi connectivity index (χ2n) is 5.22. The third kappa shape index (κ3) is 2.17. The molecule has 2 saturated carbocycles. The molecule has 2 N–H and O–H groups in total. The predicted molar refractivity (Wildman–Crippen MR) is 56.8 cm³/mol. The molecule has 0 bridgehead atoms. The minimum Gasteiger partial charge on any atom is -0.321 e. The molecule has 2 aliphatic rings. The van der Waals surface area contributed by atoms with Gasteiger partial charge in [-0.1, -0.05) is 19.8 Å². The lowest BCUT2D eigenvalue weighted by Gasteiger charge is -2.27. The summed E-state index contributed by atoms with van der Waals surface area (Å²) in [5.41, 5.74) is 5.94. The number of Topliss-reactive ketones (excluding diaryl/α,β-unsaturated/α-hetero) is 1. The summed E-state index contributed by atoms with van der Waals surface area (Å²) in [6, 6.07) is -0.131. The second kappa shape index (κ2) is 4.01. The van der Waals surface area contributed by atoms with Crippen molar-refractivity contribution >= 4 is 5.78 Å². The van der Waals surface area contributed by atoms with Gasteiger partial charge in [0.25, 0.3) is 0 Å². The second-order valence-corrected chi connectivity index (χ2v) is 5.22. The van der Waals surface area contributed by atoms with E-state index in [1.54, 1.807) is 0 Å². The highest BCUT2D eigenvalue weighted by atomic mass is 16.1. The molecule has 0 aromatic heterocycles. The molecule has 2 nitrogen and oxygen atoms in total. The number of nitrogens with two attached hydrogens (primary N) is 1. The highest BCUT2D eigenvalue weighted by Crippen LogP contribution is 2.36. The molecule has 0 spiro atoms. The Balaban J connectivity index is 1.84. The molecule has 0 aromatic carbocycles. The number of rotatable bonds is 3. The van der Waals surface area contributed by atoms with E-state index < -0.39 is 0 Å². The monoisotopic (exact) mass is 195 g/mol. The molecule has 0 radical (unpaired) electrons. The van der Waals surface area contributed by atoms with Crippen molar-refractivity contribution in [3.63, 3.8) is 0 Å². The lowest BCUT2D eigenvalue weighted by Crippen LogP contribution is -2.38. The van der Waals surface area contributed by atoms with E-state index in [2.05, 4.69) is 6.92 Å². The van der Waals surface area contributed by atoms with Crippen LogP contribution in [0.5, 0.6) is 0 Å². The van der Waals surface area contributed by atoms with Crippen molar-refractivity contribution in [1.82, 2.24) is 0 Å². The fourth-order valence-electron chi connectivity index (χ4n) is 2.50. The molecule has 0 amide bonds. The number of hydrogen-bond acceptors (Lipinski definition) is 2. The molecular formula is C12H21NO. The van der Waals surface area contributed by atoms with Crippen LogP contribution in [-0.2, 0) is 4.79 Å². The average Bonchev–Trinajstić information content (AvgIpc) is 3.00. The van der Waals surface area contributed by atoms with E-state index in [1.165, 1.54) is 25.7 Å².